The molecule has 27 nitrogen and oxygen atoms in total. The van der Waals surface area contributed by atoms with Crippen molar-refractivity contribution in [3.8, 4) is 0 Å². The van der Waals surface area contributed by atoms with E-state index in [1.165, 1.54) is 13.8 Å². The smallest absolute Gasteiger partial charge is 0.481 e. The van der Waals surface area contributed by atoms with Gasteiger partial charge < -0.3 is 61.7 Å². The number of fused-ring (bicyclic) bond motifs is 1. The fraction of sp³-hybridized carbons (Fsp3) is 0.654. The van der Waals surface area contributed by atoms with Gasteiger partial charge in [0.25, 0.3) is 0 Å². The van der Waals surface area contributed by atoms with E-state index in [-0.39, 0.29) is 55.1 Å². The van der Waals surface area contributed by atoms with Crippen LogP contribution in [0.3, 0.4) is 0 Å². The average Bonchev–Trinajstić information content (AvgIpc) is 3.66. The summed E-state index contributed by atoms with van der Waals surface area (Å²) >= 11 is 0.812. The maximum atomic E-state index is 12.7. The maximum absolute atomic E-state index is 12.7. The summed E-state index contributed by atoms with van der Waals surface area (Å²) in [5.74, 6) is -2.56. The van der Waals surface area contributed by atoms with Crippen molar-refractivity contribution >= 4 is 75.1 Å². The van der Waals surface area contributed by atoms with E-state index < -0.39 is 102 Å². The van der Waals surface area contributed by atoms with Crippen molar-refractivity contribution < 1.29 is 90.4 Å². The zero-order valence-corrected chi connectivity index (χ0v) is 33.5. The molecule has 3 heterocycles. The van der Waals surface area contributed by atoms with Crippen LogP contribution in [0.25, 0.3) is 11.2 Å². The number of thioether (sulfide) groups is 1. The summed E-state index contributed by atoms with van der Waals surface area (Å²) in [6.07, 6.45) is -7.43. The quantitative estimate of drug-likeness (QED) is 0.0419. The largest absolute Gasteiger partial charge is 0.481 e. The Bertz CT molecular complexity index is 1900. The summed E-state index contributed by atoms with van der Waals surface area (Å²) in [7, 11) is -16.5. The standard InChI is InChI=1S/C26H43N8O19P3S/c1-26(2,20(39)23(40)30-6-5-15(35)29-7-8-57-25(41)13(27)3-4-16(36)37)10-50-56(47,48)53-55(45,46)49-9-14-19(52-54(42,43)44)18(38)24(51-14)34-12-33-17-21(28)31-11-32-22(17)34/h11-14,18-20,24,38-39H,3-10,27H2,1-2H3,(H,29,35)(H,30,40)(H,36,37)(H,45,46)(H,47,48)(H2,28,31,32)(H2,42,43,44)/t13-,14+,18+,19+,20-,24+/m0/s1. The lowest BCUT2D eigenvalue weighted by Crippen LogP contribution is -2.46. The third kappa shape index (κ3) is 15.0. The van der Waals surface area contributed by atoms with Crippen LogP contribution < -0.4 is 22.1 Å². The third-order valence-corrected chi connectivity index (χ3v) is 11.8. The zero-order valence-electron chi connectivity index (χ0n) is 30.0. The number of nitrogen functional groups attached to an aromatic ring is 1. The summed E-state index contributed by atoms with van der Waals surface area (Å²) < 4.78 is 62.0. The molecule has 0 aliphatic carbocycles. The summed E-state index contributed by atoms with van der Waals surface area (Å²) in [6.45, 7) is 0.155. The van der Waals surface area contributed by atoms with Crippen LogP contribution in [-0.2, 0) is 55.5 Å². The van der Waals surface area contributed by atoms with Gasteiger partial charge in [0.2, 0.25) is 16.9 Å². The molecule has 1 aliphatic heterocycles. The third-order valence-electron chi connectivity index (χ3n) is 7.72. The predicted octanol–water partition coefficient (Wildman–Crippen LogP) is -2.14. The summed E-state index contributed by atoms with van der Waals surface area (Å²) in [5.41, 5.74) is 9.80. The number of aromatic nitrogens is 4. The average molecular weight is 897 g/mol. The van der Waals surface area contributed by atoms with Crippen LogP contribution in [0.5, 0.6) is 0 Å². The number of carboxylic acid groups (broad SMARTS) is 1. The van der Waals surface area contributed by atoms with Gasteiger partial charge in [-0.25, -0.2) is 28.6 Å². The summed E-state index contributed by atoms with van der Waals surface area (Å²) in [6, 6.07) is -0.973. The van der Waals surface area contributed by atoms with Gasteiger partial charge >= 0.3 is 29.4 Å². The number of nitrogens with two attached hydrogens (primary N) is 2. The lowest BCUT2D eigenvalue weighted by Gasteiger charge is -2.30. The second kappa shape index (κ2) is 20.3. The van der Waals surface area contributed by atoms with E-state index in [0.29, 0.717) is 0 Å². The number of anilines is 1. The van der Waals surface area contributed by atoms with Gasteiger partial charge in [-0.3, -0.25) is 37.3 Å². The number of phosphoric ester groups is 3. The molecule has 0 saturated carbocycles. The molecule has 8 atom stereocenters. The number of ether oxygens (including phenoxy) is 1. The number of aliphatic carboxylic acids is 1. The van der Waals surface area contributed by atoms with E-state index in [9.17, 15) is 62.7 Å². The molecule has 0 radical (unpaired) electrons. The van der Waals surface area contributed by atoms with Crippen molar-refractivity contribution in [1.82, 2.24) is 30.2 Å². The highest BCUT2D eigenvalue weighted by Gasteiger charge is 2.50. The molecule has 0 aromatic carbocycles. The molecular weight excluding hydrogens is 853 g/mol. The number of carboxylic acids is 1. The molecule has 2 aromatic rings. The van der Waals surface area contributed by atoms with E-state index in [4.69, 9.17) is 30.4 Å². The van der Waals surface area contributed by atoms with Crippen molar-refractivity contribution in [3.05, 3.63) is 12.7 Å². The highest BCUT2D eigenvalue weighted by molar-refractivity contribution is 8.13. The molecule has 0 spiro atoms. The second-order valence-corrected chi connectivity index (χ2v) is 18.1. The first-order valence-electron chi connectivity index (χ1n) is 16.4. The van der Waals surface area contributed by atoms with Crippen LogP contribution in [0.15, 0.2) is 12.7 Å². The highest BCUT2D eigenvalue weighted by atomic mass is 32.2. The van der Waals surface area contributed by atoms with Crippen LogP contribution in [-0.4, -0.2) is 140 Å². The first kappa shape index (κ1) is 48.4. The Balaban J connectivity index is 1.47. The fourth-order valence-corrected chi connectivity index (χ4v) is 8.35. The topological polar surface area (TPSA) is 427 Å². The Morgan fingerprint density at radius 2 is 1.70 bits per heavy atom. The number of hydrogen-bond acceptors (Lipinski definition) is 20. The molecule has 2 unspecified atom stereocenters. The van der Waals surface area contributed by atoms with E-state index in [1.807, 2.05) is 0 Å². The molecule has 57 heavy (non-hydrogen) atoms. The SMILES string of the molecule is CC(C)(COP(=O)(O)OP(=O)(O)OC[C@H]1O[C@@H](n2cnc3c(N)ncnc32)[C@H](O)[C@@H]1OP(=O)(O)O)[C@@H](O)C(=O)NCCC(=O)NCCSC(=O)[C@@H](N)CCC(=O)O. The Morgan fingerprint density at radius 3 is 2.35 bits per heavy atom. The Hall–Kier alpha value is -3.01. The van der Waals surface area contributed by atoms with Gasteiger partial charge in [-0.05, 0) is 6.42 Å². The van der Waals surface area contributed by atoms with Crippen molar-refractivity contribution in [3.63, 3.8) is 0 Å². The van der Waals surface area contributed by atoms with Crippen molar-refractivity contribution in [2.45, 2.75) is 69.8 Å². The number of aliphatic hydroxyl groups excluding tert-OH is 2. The fourth-order valence-electron chi connectivity index (χ4n) is 4.79. The molecule has 2 aromatic heterocycles. The van der Waals surface area contributed by atoms with Gasteiger partial charge in [0.15, 0.2) is 17.7 Å². The molecule has 1 aliphatic rings. The number of nitrogens with zero attached hydrogens (tertiary/aromatic N) is 4. The van der Waals surface area contributed by atoms with Crippen molar-refractivity contribution in [1.29, 1.82) is 0 Å². The first-order valence-corrected chi connectivity index (χ1v) is 21.9. The van der Waals surface area contributed by atoms with E-state index in [2.05, 4.69) is 34.4 Å². The number of rotatable bonds is 23. The van der Waals surface area contributed by atoms with Gasteiger partial charge in [0.05, 0.1) is 25.6 Å². The van der Waals surface area contributed by atoms with E-state index in [1.54, 1.807) is 0 Å². The van der Waals surface area contributed by atoms with Gasteiger partial charge in [0, 0.05) is 37.1 Å². The molecule has 1 saturated heterocycles. The van der Waals surface area contributed by atoms with Gasteiger partial charge in [0.1, 0.15) is 36.3 Å². The highest BCUT2D eigenvalue weighted by Crippen LogP contribution is 2.61. The summed E-state index contributed by atoms with van der Waals surface area (Å²) in [5, 5.41) is 34.4. The molecule has 13 N–H and O–H groups in total. The lowest BCUT2D eigenvalue weighted by molar-refractivity contribution is -0.138. The van der Waals surface area contributed by atoms with E-state index in [0.717, 1.165) is 29.0 Å². The molecular formula is C26H43N8O19P3S. The number of nitrogens with one attached hydrogen (secondary N) is 2. The van der Waals surface area contributed by atoms with Crippen LogP contribution in [0.2, 0.25) is 0 Å². The van der Waals surface area contributed by atoms with Crippen molar-refractivity contribution in [2.75, 3.05) is 37.8 Å². The normalized spacial score (nSPS) is 22.0. The number of carbonyl (C=O) groups is 4. The Morgan fingerprint density at radius 1 is 1.04 bits per heavy atom. The van der Waals surface area contributed by atoms with Gasteiger partial charge in [-0.15, -0.1) is 0 Å². The monoisotopic (exact) mass is 896 g/mol. The van der Waals surface area contributed by atoms with Gasteiger partial charge in [-0.2, -0.15) is 4.31 Å². The minimum absolute atomic E-state index is 0.0176. The number of amides is 2. The molecule has 2 amide bonds. The number of aliphatic hydroxyl groups is 2. The first-order chi connectivity index (χ1) is 26.3. The molecule has 322 valence electrons. The van der Waals surface area contributed by atoms with Crippen molar-refractivity contribution in [2.24, 2.45) is 11.1 Å². The Kier molecular flexibility index (Phi) is 17.2. The van der Waals surface area contributed by atoms with Crippen LogP contribution in [0.1, 0.15) is 39.3 Å². The minimum Gasteiger partial charge on any atom is -0.481 e. The minimum atomic E-state index is -5.59. The van der Waals surface area contributed by atoms with Crippen LogP contribution >= 0.6 is 35.2 Å². The Labute approximate surface area is 326 Å². The number of carbonyl (C=O) groups excluding carboxylic acids is 3. The number of imidazole rings is 1. The zero-order chi connectivity index (χ0) is 42.9. The number of hydrogen-bond donors (Lipinski definition) is 11. The lowest BCUT2D eigenvalue weighted by atomic mass is 9.87. The van der Waals surface area contributed by atoms with E-state index >= 15 is 0 Å². The van der Waals surface area contributed by atoms with Crippen LogP contribution in [0.4, 0.5) is 5.82 Å². The predicted molar refractivity (Wildman–Crippen MR) is 192 cm³/mol. The maximum Gasteiger partial charge on any atom is 0.481 e. The summed E-state index contributed by atoms with van der Waals surface area (Å²) in [4.78, 5) is 98.0. The molecule has 3 rings (SSSR count). The van der Waals surface area contributed by atoms with Crippen LogP contribution in [0, 0.1) is 5.41 Å². The van der Waals surface area contributed by atoms with Gasteiger partial charge in [-0.1, -0.05) is 25.6 Å². The second-order valence-electron chi connectivity index (χ2n) is 12.8. The molecule has 31 heteroatoms. The number of phosphoric acid groups is 3. The molecule has 1 fully saturated rings. The molecule has 0 bridgehead atoms.